The summed E-state index contributed by atoms with van der Waals surface area (Å²) in [6.45, 7) is 3.52. The molecule has 2 rings (SSSR count). The van der Waals surface area contributed by atoms with Crippen molar-refractivity contribution in [2.45, 2.75) is 45.4 Å². The molecule has 0 spiro atoms. The number of rotatable bonds is 10. The number of esters is 1. The first kappa shape index (κ1) is 20.6. The lowest BCUT2D eigenvalue weighted by atomic mass is 9.83. The van der Waals surface area contributed by atoms with Gasteiger partial charge in [0.2, 0.25) is 0 Å². The highest BCUT2D eigenvalue weighted by molar-refractivity contribution is 5.77. The Hall–Kier alpha value is -2.68. The van der Waals surface area contributed by atoms with Gasteiger partial charge in [-0.05, 0) is 37.3 Å². The Morgan fingerprint density at radius 3 is 2.15 bits per heavy atom. The van der Waals surface area contributed by atoms with Crippen molar-refractivity contribution in [1.29, 1.82) is 0 Å². The van der Waals surface area contributed by atoms with Crippen molar-refractivity contribution in [1.82, 2.24) is 0 Å². The summed E-state index contributed by atoms with van der Waals surface area (Å²) in [5, 5.41) is 0. The summed E-state index contributed by atoms with van der Waals surface area (Å²) in [4.78, 5) is 22.9. The highest BCUT2D eigenvalue weighted by Gasteiger charge is 2.18. The number of carbonyl (C=O) groups is 2. The van der Waals surface area contributed by atoms with E-state index in [4.69, 9.17) is 4.74 Å². The minimum absolute atomic E-state index is 0.0673. The third-order valence-electron chi connectivity index (χ3n) is 4.46. The molecule has 0 saturated carbocycles. The molecule has 0 amide bonds. The number of allylic oxidation sites excluding steroid dienone is 1. The topological polar surface area (TPSA) is 43.4 Å². The SMILES string of the molecule is CC(=O)CC(/C(=C/c1ccccc1)CCCCOC(C)=O)c1ccccc1. The van der Waals surface area contributed by atoms with Crippen LogP contribution in [0.25, 0.3) is 6.08 Å². The number of benzene rings is 2. The number of unbranched alkanes of at least 4 members (excludes halogenated alkanes) is 1. The molecule has 1 unspecified atom stereocenters. The molecule has 3 nitrogen and oxygen atoms in total. The second-order valence-electron chi connectivity index (χ2n) is 6.80. The summed E-state index contributed by atoms with van der Waals surface area (Å²) in [5.74, 6) is 0.00847. The normalized spacial score (nSPS) is 12.4. The summed E-state index contributed by atoms with van der Waals surface area (Å²) in [7, 11) is 0. The first-order chi connectivity index (χ1) is 13.1. The standard InChI is InChI=1S/C24H28O3/c1-19(25)17-24(22-13-7-4-8-14-22)23(15-9-10-16-27-20(2)26)18-21-11-5-3-6-12-21/h3-8,11-14,18,24H,9-10,15-17H2,1-2H3/b23-18+. The van der Waals surface area contributed by atoms with E-state index in [1.165, 1.54) is 12.5 Å². The Morgan fingerprint density at radius 1 is 0.926 bits per heavy atom. The number of Topliss-reactive ketones (excluding diaryl/α,β-unsaturated/α-hetero) is 1. The molecule has 3 heteroatoms. The van der Waals surface area contributed by atoms with Gasteiger partial charge in [0.25, 0.3) is 0 Å². The molecule has 0 aliphatic rings. The van der Waals surface area contributed by atoms with Gasteiger partial charge in [-0.15, -0.1) is 0 Å². The van der Waals surface area contributed by atoms with Crippen molar-refractivity contribution < 1.29 is 14.3 Å². The van der Waals surface area contributed by atoms with Gasteiger partial charge in [0.1, 0.15) is 5.78 Å². The van der Waals surface area contributed by atoms with Crippen molar-refractivity contribution in [3.8, 4) is 0 Å². The zero-order valence-electron chi connectivity index (χ0n) is 16.2. The molecule has 0 radical (unpaired) electrons. The molecular weight excluding hydrogens is 336 g/mol. The second-order valence-corrected chi connectivity index (χ2v) is 6.80. The molecule has 0 bridgehead atoms. The van der Waals surface area contributed by atoms with Gasteiger partial charge in [0.15, 0.2) is 0 Å². The maximum absolute atomic E-state index is 12.0. The molecule has 0 aromatic heterocycles. The predicted molar refractivity (Wildman–Crippen MR) is 109 cm³/mol. The van der Waals surface area contributed by atoms with Crippen molar-refractivity contribution in [3.63, 3.8) is 0 Å². The number of ketones is 1. The van der Waals surface area contributed by atoms with Crippen LogP contribution < -0.4 is 0 Å². The van der Waals surface area contributed by atoms with E-state index < -0.39 is 0 Å². The maximum atomic E-state index is 12.0. The summed E-state index contributed by atoms with van der Waals surface area (Å²) in [6, 6.07) is 20.4. The number of ether oxygens (including phenoxy) is 1. The Labute approximate surface area is 162 Å². The van der Waals surface area contributed by atoms with Gasteiger partial charge in [0.05, 0.1) is 6.61 Å². The average molecular weight is 364 g/mol. The van der Waals surface area contributed by atoms with Crippen LogP contribution in [0.4, 0.5) is 0 Å². The van der Waals surface area contributed by atoms with Gasteiger partial charge in [0, 0.05) is 19.3 Å². The van der Waals surface area contributed by atoms with Crippen molar-refractivity contribution in [3.05, 3.63) is 77.4 Å². The molecule has 1 atom stereocenters. The molecule has 0 heterocycles. The van der Waals surface area contributed by atoms with E-state index in [2.05, 4.69) is 30.3 Å². The van der Waals surface area contributed by atoms with Crippen LogP contribution in [0.5, 0.6) is 0 Å². The van der Waals surface area contributed by atoms with Crippen LogP contribution in [-0.2, 0) is 14.3 Å². The van der Waals surface area contributed by atoms with Gasteiger partial charge < -0.3 is 4.74 Å². The Bertz CT molecular complexity index is 748. The van der Waals surface area contributed by atoms with Crippen LogP contribution in [0, 0.1) is 0 Å². The molecule has 0 saturated heterocycles. The van der Waals surface area contributed by atoms with E-state index >= 15 is 0 Å². The van der Waals surface area contributed by atoms with E-state index in [9.17, 15) is 9.59 Å². The maximum Gasteiger partial charge on any atom is 0.302 e. The van der Waals surface area contributed by atoms with Crippen LogP contribution in [0.2, 0.25) is 0 Å². The van der Waals surface area contributed by atoms with Gasteiger partial charge in [-0.2, -0.15) is 0 Å². The first-order valence-electron chi connectivity index (χ1n) is 9.49. The molecule has 27 heavy (non-hydrogen) atoms. The zero-order chi connectivity index (χ0) is 19.5. The average Bonchev–Trinajstić information content (AvgIpc) is 2.66. The Balaban J connectivity index is 2.23. The molecule has 0 aliphatic carbocycles. The summed E-state index contributed by atoms with van der Waals surface area (Å²) < 4.78 is 5.04. The minimum Gasteiger partial charge on any atom is -0.466 e. The Kier molecular flexibility index (Phi) is 8.50. The highest BCUT2D eigenvalue weighted by atomic mass is 16.5. The number of carbonyl (C=O) groups excluding carboxylic acids is 2. The third-order valence-corrected chi connectivity index (χ3v) is 4.46. The van der Waals surface area contributed by atoms with Crippen LogP contribution >= 0.6 is 0 Å². The molecule has 2 aromatic carbocycles. The monoisotopic (exact) mass is 364 g/mol. The fraction of sp³-hybridized carbons (Fsp3) is 0.333. The largest absolute Gasteiger partial charge is 0.466 e. The molecule has 0 fully saturated rings. The van der Waals surface area contributed by atoms with Crippen LogP contribution in [0.3, 0.4) is 0 Å². The van der Waals surface area contributed by atoms with E-state index in [1.807, 2.05) is 36.4 Å². The summed E-state index contributed by atoms with van der Waals surface area (Å²) in [5.41, 5.74) is 3.54. The zero-order valence-corrected chi connectivity index (χ0v) is 16.2. The van der Waals surface area contributed by atoms with Crippen LogP contribution in [0.15, 0.2) is 66.2 Å². The lowest BCUT2D eigenvalue weighted by Crippen LogP contribution is -2.08. The van der Waals surface area contributed by atoms with Crippen molar-refractivity contribution >= 4 is 17.8 Å². The second kappa shape index (κ2) is 11.1. The fourth-order valence-corrected chi connectivity index (χ4v) is 3.19. The lowest BCUT2D eigenvalue weighted by Gasteiger charge is -2.21. The van der Waals surface area contributed by atoms with E-state index in [-0.39, 0.29) is 17.7 Å². The predicted octanol–water partition coefficient (Wildman–Crippen LogP) is 5.57. The van der Waals surface area contributed by atoms with E-state index in [0.29, 0.717) is 13.0 Å². The van der Waals surface area contributed by atoms with Gasteiger partial charge in [-0.1, -0.05) is 72.3 Å². The Morgan fingerprint density at radius 2 is 1.56 bits per heavy atom. The minimum atomic E-state index is -0.242. The molecule has 0 aliphatic heterocycles. The van der Waals surface area contributed by atoms with Crippen LogP contribution in [-0.4, -0.2) is 18.4 Å². The van der Waals surface area contributed by atoms with E-state index in [0.717, 1.165) is 30.4 Å². The van der Waals surface area contributed by atoms with Gasteiger partial charge in [-0.25, -0.2) is 0 Å². The quantitative estimate of drug-likeness (QED) is 0.409. The fourth-order valence-electron chi connectivity index (χ4n) is 3.19. The number of hydrogen-bond acceptors (Lipinski definition) is 3. The van der Waals surface area contributed by atoms with Gasteiger partial charge in [-0.3, -0.25) is 9.59 Å². The van der Waals surface area contributed by atoms with Crippen molar-refractivity contribution in [2.75, 3.05) is 6.61 Å². The summed E-state index contributed by atoms with van der Waals surface area (Å²) in [6.07, 6.45) is 5.28. The van der Waals surface area contributed by atoms with Gasteiger partial charge >= 0.3 is 5.97 Å². The highest BCUT2D eigenvalue weighted by Crippen LogP contribution is 2.33. The smallest absolute Gasteiger partial charge is 0.302 e. The number of hydrogen-bond donors (Lipinski definition) is 0. The van der Waals surface area contributed by atoms with Crippen LogP contribution in [0.1, 0.15) is 56.6 Å². The molecular formula is C24H28O3. The third kappa shape index (κ3) is 7.61. The molecule has 142 valence electrons. The molecule has 0 N–H and O–H groups in total. The summed E-state index contributed by atoms with van der Waals surface area (Å²) >= 11 is 0. The van der Waals surface area contributed by atoms with Crippen molar-refractivity contribution in [2.24, 2.45) is 0 Å². The lowest BCUT2D eigenvalue weighted by molar-refractivity contribution is -0.141. The first-order valence-corrected chi connectivity index (χ1v) is 9.49. The molecule has 2 aromatic rings. The van der Waals surface area contributed by atoms with E-state index in [1.54, 1.807) is 6.92 Å².